The highest BCUT2D eigenvalue weighted by Gasteiger charge is 2.18. The molecule has 2 heterocycles. The number of aryl methyl sites for hydroxylation is 2. The lowest BCUT2D eigenvalue weighted by Crippen LogP contribution is -2.17. The smallest absolute Gasteiger partial charge is 0.253 e. The van der Waals surface area contributed by atoms with Crippen LogP contribution in [0.2, 0.25) is 0 Å². The largest absolute Gasteiger partial charge is 0.326 e. The molecule has 0 spiro atoms. The molecule has 2 aromatic heterocycles. The van der Waals surface area contributed by atoms with Crippen LogP contribution in [0.25, 0.3) is 17.2 Å². The van der Waals surface area contributed by atoms with Gasteiger partial charge in [-0.05, 0) is 37.0 Å². The summed E-state index contributed by atoms with van der Waals surface area (Å²) in [6.45, 7) is 10.4. The fourth-order valence-electron chi connectivity index (χ4n) is 3.59. The van der Waals surface area contributed by atoms with Gasteiger partial charge >= 0.3 is 0 Å². The molecule has 4 rings (SSSR count). The van der Waals surface area contributed by atoms with E-state index in [0.717, 1.165) is 28.2 Å². The van der Waals surface area contributed by atoms with Crippen LogP contribution in [-0.4, -0.2) is 25.5 Å². The maximum absolute atomic E-state index is 12.6. The van der Waals surface area contributed by atoms with Crippen LogP contribution < -0.4 is 5.32 Å². The quantitative estimate of drug-likeness (QED) is 0.517. The fourth-order valence-corrected chi connectivity index (χ4v) is 3.59. The van der Waals surface area contributed by atoms with E-state index in [1.807, 2.05) is 56.3 Å². The van der Waals surface area contributed by atoms with Gasteiger partial charge in [-0.2, -0.15) is 4.98 Å². The molecule has 0 aliphatic rings. The van der Waals surface area contributed by atoms with Crippen LogP contribution in [0.3, 0.4) is 0 Å². The Hall–Kier alpha value is -3.54. The minimum absolute atomic E-state index is 0.0864. The lowest BCUT2D eigenvalue weighted by molar-refractivity contribution is -0.115. The third-order valence-electron chi connectivity index (χ3n) is 5.45. The van der Waals surface area contributed by atoms with E-state index >= 15 is 0 Å². The van der Waals surface area contributed by atoms with Crippen molar-refractivity contribution < 1.29 is 4.79 Å². The average Bonchev–Trinajstić information content (AvgIpc) is 3.15. The van der Waals surface area contributed by atoms with Crippen molar-refractivity contribution in [2.75, 3.05) is 5.32 Å². The number of hydrogen-bond donors (Lipinski definition) is 1. The normalized spacial score (nSPS) is 11.6. The van der Waals surface area contributed by atoms with Crippen molar-refractivity contribution in [2.45, 2.75) is 46.5 Å². The minimum atomic E-state index is -0.0864. The molecule has 0 radical (unpaired) electrons. The Morgan fingerprint density at radius 1 is 0.968 bits per heavy atom. The molecule has 1 amide bonds. The van der Waals surface area contributed by atoms with E-state index in [1.165, 1.54) is 5.56 Å². The number of para-hydroxylation sites is 1. The van der Waals surface area contributed by atoms with E-state index in [1.54, 1.807) is 4.52 Å². The van der Waals surface area contributed by atoms with E-state index in [9.17, 15) is 4.79 Å². The molecule has 31 heavy (non-hydrogen) atoms. The van der Waals surface area contributed by atoms with Crippen molar-refractivity contribution in [2.24, 2.45) is 0 Å². The molecule has 0 saturated carbocycles. The number of nitrogens with zero attached hydrogens (tertiary/aromatic N) is 4. The van der Waals surface area contributed by atoms with Crippen LogP contribution in [0.15, 0.2) is 54.6 Å². The first kappa shape index (κ1) is 20.7. The van der Waals surface area contributed by atoms with E-state index < -0.39 is 0 Å². The second kappa shape index (κ2) is 7.95. The Kier molecular flexibility index (Phi) is 5.31. The lowest BCUT2D eigenvalue weighted by Gasteiger charge is -2.18. The number of anilines is 1. The van der Waals surface area contributed by atoms with Crippen molar-refractivity contribution in [1.82, 2.24) is 19.6 Å². The monoisotopic (exact) mass is 413 g/mol. The van der Waals surface area contributed by atoms with Gasteiger partial charge in [-0.25, -0.2) is 9.50 Å². The van der Waals surface area contributed by atoms with Crippen molar-refractivity contribution in [3.63, 3.8) is 0 Å². The molecule has 0 aliphatic heterocycles. The molecule has 6 heteroatoms. The van der Waals surface area contributed by atoms with Crippen molar-refractivity contribution in [3.05, 3.63) is 77.1 Å². The Morgan fingerprint density at radius 2 is 1.65 bits per heavy atom. The highest BCUT2D eigenvalue weighted by atomic mass is 16.1. The molecule has 0 atom stereocenters. The summed E-state index contributed by atoms with van der Waals surface area (Å²) in [5.74, 6) is 1.08. The van der Waals surface area contributed by atoms with Crippen LogP contribution in [0, 0.1) is 13.8 Å². The molecule has 0 aliphatic carbocycles. The summed E-state index contributed by atoms with van der Waals surface area (Å²) in [4.78, 5) is 21.8. The van der Waals surface area contributed by atoms with Gasteiger partial charge in [0.25, 0.3) is 5.78 Å². The Morgan fingerprint density at radius 3 is 2.29 bits per heavy atom. The highest BCUT2D eigenvalue weighted by molar-refractivity contribution is 5.92. The zero-order chi connectivity index (χ0) is 22.2. The molecule has 0 saturated heterocycles. The molecule has 0 unspecified atom stereocenters. The number of nitrogens with one attached hydrogen (secondary N) is 1. The van der Waals surface area contributed by atoms with Crippen LogP contribution >= 0.6 is 0 Å². The van der Waals surface area contributed by atoms with Gasteiger partial charge in [0.15, 0.2) is 5.82 Å². The first-order valence-electron chi connectivity index (χ1n) is 10.4. The molecule has 1 N–H and O–H groups in total. The van der Waals surface area contributed by atoms with Gasteiger partial charge in [-0.15, -0.1) is 5.10 Å². The first-order valence-corrected chi connectivity index (χ1v) is 10.4. The molecule has 2 aromatic carbocycles. The zero-order valence-corrected chi connectivity index (χ0v) is 18.6. The summed E-state index contributed by atoms with van der Waals surface area (Å²) < 4.78 is 1.73. The Bertz CT molecular complexity index is 1240. The van der Waals surface area contributed by atoms with Gasteiger partial charge < -0.3 is 5.32 Å². The number of carbonyl (C=O) groups is 1. The van der Waals surface area contributed by atoms with E-state index in [2.05, 4.69) is 53.3 Å². The van der Waals surface area contributed by atoms with Gasteiger partial charge in [0.1, 0.15) is 0 Å². The van der Waals surface area contributed by atoms with Crippen LogP contribution in [0.4, 0.5) is 5.69 Å². The molecular weight excluding hydrogens is 386 g/mol. The number of hydrogen-bond acceptors (Lipinski definition) is 4. The molecule has 0 bridgehead atoms. The molecule has 4 aromatic rings. The second-order valence-electron chi connectivity index (χ2n) is 8.83. The number of benzene rings is 2. The SMILES string of the molecule is Cc1nc2nc(-c3ccc(C(C)(C)C)cc3)nn2c(C)c1CC(=O)Nc1ccccc1. The maximum Gasteiger partial charge on any atom is 0.253 e. The Balaban J connectivity index is 1.63. The van der Waals surface area contributed by atoms with E-state index in [-0.39, 0.29) is 17.7 Å². The molecule has 0 fully saturated rings. The number of aromatic nitrogens is 4. The standard InChI is InChI=1S/C25H27N5O/c1-16-21(15-22(31)27-20-9-7-6-8-10-20)17(2)30-24(26-16)28-23(29-30)18-11-13-19(14-12-18)25(3,4)5/h6-14H,15H2,1-5H3,(H,27,31). The fraction of sp³-hybridized carbons (Fsp3) is 0.280. The summed E-state index contributed by atoms with van der Waals surface area (Å²) in [5, 5.41) is 7.61. The number of amides is 1. The Labute approximate surface area is 182 Å². The van der Waals surface area contributed by atoms with Crippen molar-refractivity contribution in [3.8, 4) is 11.4 Å². The zero-order valence-electron chi connectivity index (χ0n) is 18.6. The van der Waals surface area contributed by atoms with Crippen molar-refractivity contribution in [1.29, 1.82) is 0 Å². The van der Waals surface area contributed by atoms with Gasteiger partial charge in [-0.3, -0.25) is 4.79 Å². The number of carbonyl (C=O) groups excluding carboxylic acids is 1. The lowest BCUT2D eigenvalue weighted by atomic mass is 9.87. The summed E-state index contributed by atoms with van der Waals surface area (Å²) in [6, 6.07) is 17.8. The maximum atomic E-state index is 12.6. The summed E-state index contributed by atoms with van der Waals surface area (Å²) in [7, 11) is 0. The van der Waals surface area contributed by atoms with E-state index in [4.69, 9.17) is 0 Å². The second-order valence-corrected chi connectivity index (χ2v) is 8.83. The number of fused-ring (bicyclic) bond motifs is 1. The van der Waals surface area contributed by atoms with E-state index in [0.29, 0.717) is 11.6 Å². The minimum Gasteiger partial charge on any atom is -0.326 e. The summed E-state index contributed by atoms with van der Waals surface area (Å²) >= 11 is 0. The molecular formula is C25H27N5O. The van der Waals surface area contributed by atoms with Gasteiger partial charge in [0.05, 0.1) is 6.42 Å². The van der Waals surface area contributed by atoms with Crippen molar-refractivity contribution >= 4 is 17.4 Å². The van der Waals surface area contributed by atoms with Crippen LogP contribution in [0.1, 0.15) is 43.3 Å². The van der Waals surface area contributed by atoms with Crippen LogP contribution in [0.5, 0.6) is 0 Å². The topological polar surface area (TPSA) is 72.2 Å². The third kappa shape index (κ3) is 4.33. The van der Waals surface area contributed by atoms with Gasteiger partial charge in [-0.1, -0.05) is 63.2 Å². The third-order valence-corrected chi connectivity index (χ3v) is 5.45. The number of rotatable bonds is 4. The summed E-state index contributed by atoms with van der Waals surface area (Å²) in [6.07, 6.45) is 0.227. The van der Waals surface area contributed by atoms with Gasteiger partial charge in [0, 0.05) is 28.2 Å². The predicted molar refractivity (Wildman–Crippen MR) is 123 cm³/mol. The first-order chi connectivity index (χ1) is 14.7. The van der Waals surface area contributed by atoms with Crippen LogP contribution in [-0.2, 0) is 16.6 Å². The van der Waals surface area contributed by atoms with Gasteiger partial charge in [0.2, 0.25) is 5.91 Å². The predicted octanol–water partition coefficient (Wildman–Crippen LogP) is 4.89. The summed E-state index contributed by atoms with van der Waals surface area (Å²) in [5.41, 5.74) is 5.59. The average molecular weight is 414 g/mol. The highest BCUT2D eigenvalue weighted by Crippen LogP contribution is 2.25. The molecule has 6 nitrogen and oxygen atoms in total. The molecule has 158 valence electrons.